The van der Waals surface area contributed by atoms with Crippen LogP contribution >= 0.6 is 0 Å². The molecule has 1 aromatic rings. The minimum absolute atomic E-state index is 0.153. The molecule has 1 fully saturated rings. The normalized spacial score (nSPS) is 13.9. The van der Waals surface area contributed by atoms with E-state index in [4.69, 9.17) is 10.00 Å². The van der Waals surface area contributed by atoms with Crippen molar-refractivity contribution < 1.29 is 14.3 Å². The van der Waals surface area contributed by atoms with Crippen molar-refractivity contribution in [2.45, 2.75) is 25.8 Å². The van der Waals surface area contributed by atoms with Crippen molar-refractivity contribution in [3.05, 3.63) is 41.6 Å². The monoisotopic (exact) mass is 299 g/mol. The molecule has 1 saturated carbocycles. The van der Waals surface area contributed by atoms with E-state index >= 15 is 0 Å². The fourth-order valence-electron chi connectivity index (χ4n) is 1.79. The molecule has 22 heavy (non-hydrogen) atoms. The Balaban J connectivity index is 2.13. The van der Waals surface area contributed by atoms with Gasteiger partial charge in [0.15, 0.2) is 5.57 Å². The molecular weight excluding hydrogens is 282 g/mol. The lowest BCUT2D eigenvalue weighted by atomic mass is 10.1. The number of hydrogen-bond acceptors (Lipinski definition) is 5. The van der Waals surface area contributed by atoms with E-state index < -0.39 is 5.97 Å². The minimum atomic E-state index is -0.697. The highest BCUT2D eigenvalue weighted by Gasteiger charge is 2.24. The standard InChI is InChI=1S/C16H17N3O3/c1-2-22-16(21)11(9-17)10-18-14-6-4-3-5-13(14)15(20)19-12-7-8-12/h3-6,10,12,18H,2,7-8H2,1H3,(H,19,20)/b11-10+. The molecule has 2 rings (SSSR count). The third kappa shape index (κ3) is 4.09. The lowest BCUT2D eigenvalue weighted by Crippen LogP contribution is -2.26. The number of esters is 1. The highest BCUT2D eigenvalue weighted by molar-refractivity contribution is 6.00. The first-order chi connectivity index (χ1) is 10.7. The molecule has 2 N–H and O–H groups in total. The third-order valence-corrected chi connectivity index (χ3v) is 3.07. The maximum absolute atomic E-state index is 12.1. The average Bonchev–Trinajstić information content (AvgIpc) is 3.32. The van der Waals surface area contributed by atoms with Gasteiger partial charge in [-0.2, -0.15) is 5.26 Å². The van der Waals surface area contributed by atoms with Gasteiger partial charge in [0, 0.05) is 12.2 Å². The first kappa shape index (κ1) is 15.6. The van der Waals surface area contributed by atoms with Crippen molar-refractivity contribution in [2.24, 2.45) is 0 Å². The molecule has 1 amide bonds. The summed E-state index contributed by atoms with van der Waals surface area (Å²) in [6.07, 6.45) is 3.26. The molecule has 114 valence electrons. The zero-order valence-electron chi connectivity index (χ0n) is 12.3. The van der Waals surface area contributed by atoms with Gasteiger partial charge in [0.2, 0.25) is 0 Å². The number of carbonyl (C=O) groups excluding carboxylic acids is 2. The molecule has 6 nitrogen and oxygen atoms in total. The number of nitrogens with zero attached hydrogens (tertiary/aromatic N) is 1. The van der Waals surface area contributed by atoms with E-state index in [1.807, 2.05) is 0 Å². The molecule has 0 bridgehead atoms. The van der Waals surface area contributed by atoms with Gasteiger partial charge < -0.3 is 15.4 Å². The summed E-state index contributed by atoms with van der Waals surface area (Å²) in [6, 6.07) is 8.94. The second-order valence-corrected chi connectivity index (χ2v) is 4.83. The lowest BCUT2D eigenvalue weighted by Gasteiger charge is -2.09. The Labute approximate surface area is 128 Å². The van der Waals surface area contributed by atoms with E-state index in [9.17, 15) is 9.59 Å². The van der Waals surface area contributed by atoms with Crippen LogP contribution in [0, 0.1) is 11.3 Å². The second-order valence-electron chi connectivity index (χ2n) is 4.83. The van der Waals surface area contributed by atoms with Crippen LogP contribution in [0.25, 0.3) is 0 Å². The fraction of sp³-hybridized carbons (Fsp3) is 0.312. The quantitative estimate of drug-likeness (QED) is 0.476. The topological polar surface area (TPSA) is 91.2 Å². The largest absolute Gasteiger partial charge is 0.462 e. The average molecular weight is 299 g/mol. The molecule has 1 aliphatic rings. The van der Waals surface area contributed by atoms with Crippen LogP contribution in [-0.2, 0) is 9.53 Å². The number of ether oxygens (including phenoxy) is 1. The van der Waals surface area contributed by atoms with Crippen LogP contribution in [-0.4, -0.2) is 24.5 Å². The third-order valence-electron chi connectivity index (χ3n) is 3.07. The number of carbonyl (C=O) groups is 2. The van der Waals surface area contributed by atoms with Crippen LogP contribution in [0.1, 0.15) is 30.1 Å². The van der Waals surface area contributed by atoms with Crippen LogP contribution < -0.4 is 10.6 Å². The number of anilines is 1. The maximum Gasteiger partial charge on any atom is 0.350 e. The van der Waals surface area contributed by atoms with Crippen molar-refractivity contribution in [3.8, 4) is 6.07 Å². The Morgan fingerprint density at radius 1 is 1.41 bits per heavy atom. The summed E-state index contributed by atoms with van der Waals surface area (Å²) >= 11 is 0. The number of benzene rings is 1. The number of para-hydroxylation sites is 1. The van der Waals surface area contributed by atoms with E-state index in [1.54, 1.807) is 37.3 Å². The molecule has 1 aromatic carbocycles. The van der Waals surface area contributed by atoms with Gasteiger partial charge in [0.1, 0.15) is 6.07 Å². The Kier molecular flexibility index (Phi) is 5.15. The molecule has 0 radical (unpaired) electrons. The number of nitriles is 1. The summed E-state index contributed by atoms with van der Waals surface area (Å²) in [5.41, 5.74) is 0.837. The Morgan fingerprint density at radius 3 is 2.77 bits per heavy atom. The smallest absolute Gasteiger partial charge is 0.350 e. The molecule has 0 saturated heterocycles. The van der Waals surface area contributed by atoms with E-state index in [1.165, 1.54) is 6.20 Å². The Morgan fingerprint density at radius 2 is 2.14 bits per heavy atom. The highest BCUT2D eigenvalue weighted by atomic mass is 16.5. The summed E-state index contributed by atoms with van der Waals surface area (Å²) in [6.45, 7) is 1.86. The summed E-state index contributed by atoms with van der Waals surface area (Å²) in [4.78, 5) is 23.7. The maximum atomic E-state index is 12.1. The van der Waals surface area contributed by atoms with Gasteiger partial charge in [-0.25, -0.2) is 4.79 Å². The number of nitrogens with one attached hydrogen (secondary N) is 2. The van der Waals surface area contributed by atoms with Gasteiger partial charge in [-0.15, -0.1) is 0 Å². The van der Waals surface area contributed by atoms with Gasteiger partial charge in [-0.1, -0.05) is 12.1 Å². The predicted octanol–water partition coefficient (Wildman–Crippen LogP) is 1.96. The Hall–Kier alpha value is -2.81. The molecule has 0 spiro atoms. The lowest BCUT2D eigenvalue weighted by molar-refractivity contribution is -0.138. The van der Waals surface area contributed by atoms with E-state index in [0.29, 0.717) is 11.3 Å². The van der Waals surface area contributed by atoms with Crippen LogP contribution in [0.5, 0.6) is 0 Å². The van der Waals surface area contributed by atoms with Gasteiger partial charge in [-0.3, -0.25) is 4.79 Å². The fourth-order valence-corrected chi connectivity index (χ4v) is 1.79. The van der Waals surface area contributed by atoms with E-state index in [2.05, 4.69) is 10.6 Å². The molecule has 0 heterocycles. The molecule has 6 heteroatoms. The van der Waals surface area contributed by atoms with Crippen molar-refractivity contribution in [2.75, 3.05) is 11.9 Å². The number of amides is 1. The summed E-state index contributed by atoms with van der Waals surface area (Å²) in [5, 5.41) is 14.7. The molecule has 0 aliphatic heterocycles. The first-order valence-electron chi connectivity index (χ1n) is 7.09. The highest BCUT2D eigenvalue weighted by Crippen LogP contribution is 2.21. The van der Waals surface area contributed by atoms with Crippen LogP contribution in [0.2, 0.25) is 0 Å². The molecular formula is C16H17N3O3. The van der Waals surface area contributed by atoms with Crippen molar-refractivity contribution in [3.63, 3.8) is 0 Å². The van der Waals surface area contributed by atoms with Crippen LogP contribution in [0.15, 0.2) is 36.0 Å². The van der Waals surface area contributed by atoms with Gasteiger partial charge in [0.05, 0.1) is 17.9 Å². The second kappa shape index (κ2) is 7.27. The SMILES string of the molecule is CCOC(=O)/C(C#N)=C/Nc1ccccc1C(=O)NC1CC1. The van der Waals surface area contributed by atoms with Crippen molar-refractivity contribution >= 4 is 17.6 Å². The van der Waals surface area contributed by atoms with E-state index in [0.717, 1.165) is 12.8 Å². The zero-order valence-corrected chi connectivity index (χ0v) is 12.3. The van der Waals surface area contributed by atoms with Gasteiger partial charge in [0.25, 0.3) is 5.91 Å². The summed E-state index contributed by atoms with van der Waals surface area (Å²) in [7, 11) is 0. The minimum Gasteiger partial charge on any atom is -0.462 e. The molecule has 0 aromatic heterocycles. The summed E-state index contributed by atoms with van der Waals surface area (Å²) in [5.74, 6) is -0.869. The first-order valence-corrected chi connectivity index (χ1v) is 7.09. The zero-order chi connectivity index (χ0) is 15.9. The summed E-state index contributed by atoms with van der Waals surface area (Å²) < 4.78 is 4.77. The Bertz CT molecular complexity index is 642. The molecule has 0 atom stereocenters. The van der Waals surface area contributed by atoms with Gasteiger partial charge >= 0.3 is 5.97 Å². The number of hydrogen-bond donors (Lipinski definition) is 2. The van der Waals surface area contributed by atoms with Crippen molar-refractivity contribution in [1.29, 1.82) is 5.26 Å². The predicted molar refractivity (Wildman–Crippen MR) is 80.9 cm³/mol. The molecule has 0 unspecified atom stereocenters. The van der Waals surface area contributed by atoms with Crippen LogP contribution in [0.4, 0.5) is 5.69 Å². The molecule has 1 aliphatic carbocycles. The van der Waals surface area contributed by atoms with E-state index in [-0.39, 0.29) is 24.1 Å². The van der Waals surface area contributed by atoms with Gasteiger partial charge in [-0.05, 0) is 31.9 Å². The number of rotatable bonds is 6. The van der Waals surface area contributed by atoms with Crippen molar-refractivity contribution in [1.82, 2.24) is 5.32 Å². The van der Waals surface area contributed by atoms with Crippen LogP contribution in [0.3, 0.4) is 0 Å².